The van der Waals surface area contributed by atoms with Gasteiger partial charge in [-0.25, -0.2) is 13.2 Å². The smallest absolute Gasteiger partial charge is 0.341 e. The number of unbranched alkanes of at least 4 members (excludes halogenated alkanes) is 1. The maximum Gasteiger partial charge on any atom is 0.341 e. The lowest BCUT2D eigenvalue weighted by molar-refractivity contribution is -0.139. The number of pyridine rings is 1. The predicted molar refractivity (Wildman–Crippen MR) is 155 cm³/mol. The van der Waals surface area contributed by atoms with Crippen molar-refractivity contribution in [3.8, 4) is 5.75 Å². The predicted octanol–water partition coefficient (Wildman–Crippen LogP) is 6.30. The molecule has 0 saturated heterocycles. The molecule has 10 heteroatoms. The standard InChI is InChI=1S/C23H23N3O6S.C4H10.C2H6/c1-3-16-6-8-17(9-7-16)23(29)25-18-11-15(2)22(32-14-21(27)28)20(12-18)26-33(30,31)19-5-4-10-24-13-19;1-3-4-2;1-2/h4-13,26H,3,14H2,1-2H3,(H,25,29)(H,27,28);3-4H2,1-2H3;1-2H3. The summed E-state index contributed by atoms with van der Waals surface area (Å²) < 4.78 is 33.3. The number of aromatic nitrogens is 1. The van der Waals surface area contributed by atoms with Crippen LogP contribution in [0.3, 0.4) is 0 Å². The number of benzene rings is 2. The van der Waals surface area contributed by atoms with Crippen LogP contribution in [0.25, 0.3) is 0 Å². The fraction of sp³-hybridized carbons (Fsp3) is 0.345. The van der Waals surface area contributed by atoms with E-state index in [1.165, 1.54) is 43.4 Å². The Morgan fingerprint density at radius 1 is 1.00 bits per heavy atom. The number of carbonyl (C=O) groups excluding carboxylic acids is 1. The van der Waals surface area contributed by atoms with E-state index < -0.39 is 22.6 Å². The Balaban J connectivity index is 0.00000116. The van der Waals surface area contributed by atoms with Gasteiger partial charge in [-0.15, -0.1) is 0 Å². The molecule has 0 spiro atoms. The lowest BCUT2D eigenvalue weighted by Gasteiger charge is -2.17. The summed E-state index contributed by atoms with van der Waals surface area (Å²) >= 11 is 0. The minimum atomic E-state index is -4.05. The third-order valence-electron chi connectivity index (χ3n) is 5.19. The van der Waals surface area contributed by atoms with Gasteiger partial charge in [-0.1, -0.05) is 59.6 Å². The Morgan fingerprint density at radius 2 is 1.64 bits per heavy atom. The number of ether oxygens (including phenoxy) is 1. The van der Waals surface area contributed by atoms with Gasteiger partial charge < -0.3 is 15.2 Å². The molecule has 3 N–H and O–H groups in total. The van der Waals surface area contributed by atoms with Gasteiger partial charge in [-0.3, -0.25) is 14.5 Å². The van der Waals surface area contributed by atoms with Crippen LogP contribution in [-0.2, 0) is 21.2 Å². The average molecular weight is 558 g/mol. The van der Waals surface area contributed by atoms with Gasteiger partial charge in [0.15, 0.2) is 6.61 Å². The Labute approximate surface area is 231 Å². The summed E-state index contributed by atoms with van der Waals surface area (Å²) in [5.74, 6) is -1.56. The number of hydrogen-bond acceptors (Lipinski definition) is 6. The summed E-state index contributed by atoms with van der Waals surface area (Å²) in [6.07, 6.45) is 6.10. The van der Waals surface area contributed by atoms with Crippen LogP contribution in [0.5, 0.6) is 5.75 Å². The largest absolute Gasteiger partial charge is 0.479 e. The molecule has 0 atom stereocenters. The summed E-state index contributed by atoms with van der Waals surface area (Å²) in [5, 5.41) is 11.7. The zero-order valence-corrected chi connectivity index (χ0v) is 24.3. The molecule has 0 radical (unpaired) electrons. The first-order valence-corrected chi connectivity index (χ1v) is 14.4. The van der Waals surface area contributed by atoms with Gasteiger partial charge in [-0.05, 0) is 60.9 Å². The van der Waals surface area contributed by atoms with Gasteiger partial charge >= 0.3 is 5.97 Å². The molecule has 3 rings (SSSR count). The number of carboxylic acid groups (broad SMARTS) is 1. The molecule has 1 heterocycles. The molecule has 39 heavy (non-hydrogen) atoms. The molecule has 0 fully saturated rings. The first-order chi connectivity index (χ1) is 18.6. The minimum absolute atomic E-state index is 0.0169. The van der Waals surface area contributed by atoms with Crippen LogP contribution in [-0.4, -0.2) is 37.0 Å². The molecule has 2 aromatic carbocycles. The van der Waals surface area contributed by atoms with Crippen molar-refractivity contribution in [2.75, 3.05) is 16.6 Å². The Kier molecular flexibility index (Phi) is 14.3. The molecule has 0 saturated carbocycles. The number of rotatable bonds is 10. The molecule has 0 aliphatic rings. The second-order valence-electron chi connectivity index (χ2n) is 8.15. The van der Waals surface area contributed by atoms with Crippen LogP contribution in [0.2, 0.25) is 0 Å². The van der Waals surface area contributed by atoms with E-state index in [2.05, 4.69) is 28.9 Å². The number of carboxylic acids is 1. The van der Waals surface area contributed by atoms with E-state index in [0.29, 0.717) is 16.8 Å². The van der Waals surface area contributed by atoms with E-state index in [1.807, 2.05) is 32.9 Å². The van der Waals surface area contributed by atoms with Crippen molar-refractivity contribution in [2.45, 2.75) is 65.7 Å². The highest BCUT2D eigenvalue weighted by atomic mass is 32.2. The third kappa shape index (κ3) is 10.8. The maximum atomic E-state index is 12.8. The molecule has 3 aromatic rings. The van der Waals surface area contributed by atoms with Crippen molar-refractivity contribution in [1.82, 2.24) is 4.98 Å². The molecule has 212 valence electrons. The van der Waals surface area contributed by atoms with Gasteiger partial charge in [0.25, 0.3) is 15.9 Å². The van der Waals surface area contributed by atoms with Gasteiger partial charge in [0, 0.05) is 23.6 Å². The van der Waals surface area contributed by atoms with Crippen LogP contribution in [0, 0.1) is 6.92 Å². The Hall–Kier alpha value is -3.92. The van der Waals surface area contributed by atoms with Gasteiger partial charge in [0.05, 0.1) is 5.69 Å². The number of anilines is 2. The lowest BCUT2D eigenvalue weighted by Crippen LogP contribution is -2.17. The molecular formula is C29H39N3O6S. The number of hydrogen-bond donors (Lipinski definition) is 3. The van der Waals surface area contributed by atoms with Crippen LogP contribution < -0.4 is 14.8 Å². The van der Waals surface area contributed by atoms with Crippen molar-refractivity contribution in [3.05, 3.63) is 77.6 Å². The molecule has 0 bridgehead atoms. The van der Waals surface area contributed by atoms with Crippen LogP contribution in [0.1, 0.15) is 68.9 Å². The van der Waals surface area contributed by atoms with E-state index in [-0.39, 0.29) is 22.2 Å². The zero-order chi connectivity index (χ0) is 29.4. The Morgan fingerprint density at radius 3 is 2.15 bits per heavy atom. The number of carbonyl (C=O) groups is 2. The number of nitrogens with zero attached hydrogens (tertiary/aromatic N) is 1. The second kappa shape index (κ2) is 16.8. The van der Waals surface area contributed by atoms with Gasteiger partial charge in [0.1, 0.15) is 10.6 Å². The topological polar surface area (TPSA) is 135 Å². The maximum absolute atomic E-state index is 12.8. The molecule has 0 unspecified atom stereocenters. The van der Waals surface area contributed by atoms with E-state index >= 15 is 0 Å². The third-order valence-corrected chi connectivity index (χ3v) is 6.54. The molecule has 1 aromatic heterocycles. The van der Waals surface area contributed by atoms with Crippen LogP contribution >= 0.6 is 0 Å². The second-order valence-corrected chi connectivity index (χ2v) is 9.83. The number of amides is 1. The summed E-state index contributed by atoms with van der Waals surface area (Å²) in [7, 11) is -4.05. The van der Waals surface area contributed by atoms with Crippen molar-refractivity contribution in [2.24, 2.45) is 0 Å². The van der Waals surface area contributed by atoms with Crippen LogP contribution in [0.4, 0.5) is 11.4 Å². The van der Waals surface area contributed by atoms with Crippen LogP contribution in [0.15, 0.2) is 65.8 Å². The number of nitrogens with one attached hydrogen (secondary N) is 2. The highest BCUT2D eigenvalue weighted by molar-refractivity contribution is 7.92. The summed E-state index contributed by atoms with van der Waals surface area (Å²) in [5.41, 5.74) is 2.25. The SMILES string of the molecule is CC.CCCC.CCc1ccc(C(=O)Nc2cc(C)c(OCC(=O)O)c(NS(=O)(=O)c3cccnc3)c2)cc1. The molecule has 0 aliphatic heterocycles. The fourth-order valence-corrected chi connectivity index (χ4v) is 4.07. The summed E-state index contributed by atoms with van der Waals surface area (Å²) in [6.45, 7) is 11.3. The van der Waals surface area contributed by atoms with E-state index in [0.717, 1.165) is 12.0 Å². The molecular weight excluding hydrogens is 518 g/mol. The summed E-state index contributed by atoms with van der Waals surface area (Å²) in [6, 6.07) is 12.9. The van der Waals surface area contributed by atoms with Crippen molar-refractivity contribution < 1.29 is 27.9 Å². The first kappa shape index (κ1) is 33.1. The van der Waals surface area contributed by atoms with Crippen molar-refractivity contribution in [1.29, 1.82) is 0 Å². The number of sulfonamides is 1. The van der Waals surface area contributed by atoms with E-state index in [9.17, 15) is 18.0 Å². The lowest BCUT2D eigenvalue weighted by atomic mass is 10.1. The van der Waals surface area contributed by atoms with Crippen molar-refractivity contribution >= 4 is 33.3 Å². The zero-order valence-electron chi connectivity index (χ0n) is 23.4. The van der Waals surface area contributed by atoms with Gasteiger partial charge in [-0.2, -0.15) is 0 Å². The molecule has 0 aliphatic carbocycles. The monoisotopic (exact) mass is 557 g/mol. The summed E-state index contributed by atoms with van der Waals surface area (Å²) in [4.78, 5) is 27.4. The number of aliphatic carboxylic acids is 1. The average Bonchev–Trinajstić information content (AvgIpc) is 2.94. The van der Waals surface area contributed by atoms with E-state index in [1.54, 1.807) is 25.1 Å². The normalized spacial score (nSPS) is 10.2. The minimum Gasteiger partial charge on any atom is -0.479 e. The first-order valence-electron chi connectivity index (χ1n) is 12.9. The Bertz CT molecular complexity index is 1290. The molecule has 9 nitrogen and oxygen atoms in total. The fourth-order valence-electron chi connectivity index (χ4n) is 3.05. The number of aryl methyl sites for hydroxylation is 2. The quantitative estimate of drug-likeness (QED) is 0.266. The molecule has 1 amide bonds. The highest BCUT2D eigenvalue weighted by Crippen LogP contribution is 2.34. The highest BCUT2D eigenvalue weighted by Gasteiger charge is 2.20. The van der Waals surface area contributed by atoms with E-state index in [4.69, 9.17) is 9.84 Å². The van der Waals surface area contributed by atoms with Crippen molar-refractivity contribution in [3.63, 3.8) is 0 Å². The van der Waals surface area contributed by atoms with Gasteiger partial charge in [0.2, 0.25) is 0 Å².